The molecule has 5 rings (SSSR count). The summed E-state index contributed by atoms with van der Waals surface area (Å²) in [6.07, 6.45) is -2.12. The van der Waals surface area contributed by atoms with Gasteiger partial charge in [0.2, 0.25) is 0 Å². The Bertz CT molecular complexity index is 1320. The van der Waals surface area contributed by atoms with Gasteiger partial charge in [0.15, 0.2) is 11.3 Å². The first-order chi connectivity index (χ1) is 15.1. The number of alkyl halides is 5. The van der Waals surface area contributed by atoms with Crippen molar-refractivity contribution in [3.05, 3.63) is 66.4 Å². The Morgan fingerprint density at radius 1 is 0.969 bits per heavy atom. The number of fused-ring (bicyclic) bond motifs is 1. The monoisotopic (exact) mass is 449 g/mol. The third-order valence-electron chi connectivity index (χ3n) is 5.10. The summed E-state index contributed by atoms with van der Waals surface area (Å²) in [6, 6.07) is 9.58. The van der Waals surface area contributed by atoms with E-state index in [1.165, 1.54) is 52.0 Å². The lowest BCUT2D eigenvalue weighted by molar-refractivity contribution is -0.140. The molecule has 0 amide bonds. The summed E-state index contributed by atoms with van der Waals surface area (Å²) in [6.45, 7) is -1.15. The highest BCUT2D eigenvalue weighted by molar-refractivity contribution is 5.70. The number of benzene rings is 1. The molecule has 4 aromatic rings. The smallest absolute Gasteiger partial charge is 0.357 e. The first-order valence-corrected chi connectivity index (χ1v) is 9.42. The highest BCUT2D eigenvalue weighted by Crippen LogP contribution is 2.36. The van der Waals surface area contributed by atoms with E-state index in [9.17, 15) is 26.3 Å². The van der Waals surface area contributed by atoms with E-state index in [1.54, 1.807) is 0 Å². The summed E-state index contributed by atoms with van der Waals surface area (Å²) in [5.74, 6) is -3.49. The normalized spacial score (nSPS) is 15.8. The lowest BCUT2D eigenvalue weighted by atomic mass is 10.1. The Labute approximate surface area is 176 Å². The van der Waals surface area contributed by atoms with Crippen molar-refractivity contribution in [3.63, 3.8) is 0 Å². The minimum atomic E-state index is -4.65. The van der Waals surface area contributed by atoms with Crippen LogP contribution in [0.5, 0.6) is 0 Å². The molecule has 0 saturated carbocycles. The number of hydrogen-bond donors (Lipinski definition) is 0. The maximum absolute atomic E-state index is 14.2. The molecular weight excluding hydrogens is 436 g/mol. The van der Waals surface area contributed by atoms with Crippen LogP contribution in [0.1, 0.15) is 5.69 Å². The van der Waals surface area contributed by atoms with Crippen LogP contribution in [0.25, 0.3) is 28.2 Å². The lowest BCUT2D eigenvalue weighted by Gasteiger charge is -2.40. The van der Waals surface area contributed by atoms with Crippen LogP contribution in [0.3, 0.4) is 0 Å². The van der Waals surface area contributed by atoms with E-state index in [4.69, 9.17) is 0 Å². The predicted octanol–water partition coefficient (Wildman–Crippen LogP) is 5.07. The number of hydrogen-bond acceptors (Lipinski definition) is 4. The molecule has 3 aromatic heterocycles. The van der Waals surface area contributed by atoms with Crippen LogP contribution in [-0.4, -0.2) is 38.6 Å². The van der Waals surface area contributed by atoms with E-state index in [0.717, 1.165) is 12.3 Å². The molecule has 0 radical (unpaired) electrons. The second-order valence-corrected chi connectivity index (χ2v) is 7.42. The summed E-state index contributed by atoms with van der Waals surface area (Å²) in [5.41, 5.74) is 0.0180. The Morgan fingerprint density at radius 3 is 2.47 bits per heavy atom. The summed E-state index contributed by atoms with van der Waals surface area (Å²) in [4.78, 5) is 9.03. The summed E-state index contributed by atoms with van der Waals surface area (Å²) in [5, 5.41) is 4.22. The van der Waals surface area contributed by atoms with Crippen molar-refractivity contribution in [1.82, 2.24) is 19.6 Å². The largest absolute Gasteiger partial charge is 0.434 e. The fraction of sp³-hybridized carbons (Fsp3) is 0.190. The molecule has 0 unspecified atom stereocenters. The highest BCUT2D eigenvalue weighted by Gasteiger charge is 2.44. The van der Waals surface area contributed by atoms with Crippen LogP contribution in [-0.2, 0) is 6.18 Å². The molecule has 1 fully saturated rings. The molecule has 0 bridgehead atoms. The van der Waals surface area contributed by atoms with Crippen LogP contribution in [0.4, 0.5) is 32.0 Å². The van der Waals surface area contributed by atoms with Crippen LogP contribution in [0, 0.1) is 5.82 Å². The van der Waals surface area contributed by atoms with Gasteiger partial charge in [-0.25, -0.2) is 22.7 Å². The lowest BCUT2D eigenvalue weighted by Crippen LogP contribution is -2.56. The molecule has 4 heterocycles. The van der Waals surface area contributed by atoms with Gasteiger partial charge in [0, 0.05) is 17.3 Å². The molecule has 0 N–H and O–H groups in total. The van der Waals surface area contributed by atoms with Gasteiger partial charge in [0.1, 0.15) is 5.82 Å². The number of aromatic nitrogens is 4. The van der Waals surface area contributed by atoms with Crippen molar-refractivity contribution < 1.29 is 26.3 Å². The number of anilines is 1. The Balaban J connectivity index is 1.53. The van der Waals surface area contributed by atoms with E-state index in [0.29, 0.717) is 16.9 Å². The molecule has 11 heteroatoms. The van der Waals surface area contributed by atoms with Crippen LogP contribution in [0.15, 0.2) is 54.9 Å². The second kappa shape index (κ2) is 6.94. The Morgan fingerprint density at radius 2 is 1.75 bits per heavy atom. The van der Waals surface area contributed by atoms with Gasteiger partial charge in [0.25, 0.3) is 5.92 Å². The van der Waals surface area contributed by atoms with Gasteiger partial charge in [-0.15, -0.1) is 0 Å². The minimum absolute atomic E-state index is 0.0318. The molecule has 1 saturated heterocycles. The first-order valence-electron chi connectivity index (χ1n) is 9.42. The van der Waals surface area contributed by atoms with Crippen LogP contribution < -0.4 is 4.90 Å². The number of halogens is 6. The van der Waals surface area contributed by atoms with E-state index in [1.807, 2.05) is 0 Å². The molecule has 164 valence electrons. The average molecular weight is 449 g/mol. The van der Waals surface area contributed by atoms with Gasteiger partial charge in [-0.1, -0.05) is 0 Å². The van der Waals surface area contributed by atoms with Crippen molar-refractivity contribution in [2.24, 2.45) is 0 Å². The zero-order chi connectivity index (χ0) is 22.7. The van der Waals surface area contributed by atoms with Crippen molar-refractivity contribution in [3.8, 4) is 22.5 Å². The number of pyridine rings is 1. The molecule has 1 aliphatic heterocycles. The van der Waals surface area contributed by atoms with E-state index in [2.05, 4.69) is 15.1 Å². The predicted molar refractivity (Wildman–Crippen MR) is 104 cm³/mol. The molecular formula is C21H13F6N5. The molecule has 0 atom stereocenters. The van der Waals surface area contributed by atoms with Crippen molar-refractivity contribution in [1.29, 1.82) is 0 Å². The van der Waals surface area contributed by atoms with Gasteiger partial charge in [-0.05, 0) is 42.5 Å². The highest BCUT2D eigenvalue weighted by atomic mass is 19.4. The fourth-order valence-electron chi connectivity index (χ4n) is 3.60. The quantitative estimate of drug-likeness (QED) is 0.410. The minimum Gasteiger partial charge on any atom is -0.357 e. The summed E-state index contributed by atoms with van der Waals surface area (Å²) < 4.78 is 81.7. The van der Waals surface area contributed by atoms with Gasteiger partial charge < -0.3 is 4.90 Å². The number of imidazole rings is 1. The third-order valence-corrected chi connectivity index (χ3v) is 5.10. The van der Waals surface area contributed by atoms with E-state index >= 15 is 0 Å². The Kier molecular flexibility index (Phi) is 4.40. The van der Waals surface area contributed by atoms with E-state index in [-0.39, 0.29) is 16.9 Å². The first kappa shape index (κ1) is 20.3. The van der Waals surface area contributed by atoms with Gasteiger partial charge in [0.05, 0.1) is 36.4 Å². The van der Waals surface area contributed by atoms with Crippen molar-refractivity contribution in [2.75, 3.05) is 18.0 Å². The topological polar surface area (TPSA) is 46.3 Å². The van der Waals surface area contributed by atoms with Crippen LogP contribution in [0.2, 0.25) is 0 Å². The van der Waals surface area contributed by atoms with Gasteiger partial charge >= 0.3 is 6.18 Å². The maximum atomic E-state index is 14.2. The van der Waals surface area contributed by atoms with Crippen molar-refractivity contribution >= 4 is 11.3 Å². The fourth-order valence-corrected chi connectivity index (χ4v) is 3.60. The molecule has 1 aliphatic rings. The molecule has 0 aliphatic carbocycles. The summed E-state index contributed by atoms with van der Waals surface area (Å²) >= 11 is 0. The maximum Gasteiger partial charge on any atom is 0.434 e. The third kappa shape index (κ3) is 3.53. The zero-order valence-electron chi connectivity index (χ0n) is 16.1. The second-order valence-electron chi connectivity index (χ2n) is 7.42. The van der Waals surface area contributed by atoms with Gasteiger partial charge in [-0.2, -0.15) is 18.3 Å². The zero-order valence-corrected chi connectivity index (χ0v) is 16.1. The number of nitrogens with zero attached hydrogens (tertiary/aromatic N) is 5. The molecule has 0 spiro atoms. The molecule has 1 aromatic carbocycles. The SMILES string of the molecule is Fc1ccc(-c2cn3nc(-c4cccnc4C(F)(F)F)ccc3n2)cc1N1CC(F)(F)C1. The van der Waals surface area contributed by atoms with E-state index < -0.39 is 36.7 Å². The van der Waals surface area contributed by atoms with Gasteiger partial charge in [-0.3, -0.25) is 4.98 Å². The Hall–Kier alpha value is -3.63. The molecule has 5 nitrogen and oxygen atoms in total. The van der Waals surface area contributed by atoms with Crippen molar-refractivity contribution in [2.45, 2.75) is 12.1 Å². The number of rotatable bonds is 3. The summed E-state index contributed by atoms with van der Waals surface area (Å²) in [7, 11) is 0. The molecule has 32 heavy (non-hydrogen) atoms. The standard InChI is InChI=1S/C21H13F6N5/c22-14-4-3-12(8-17(14)31-10-20(23,24)11-31)16-9-32-18(29-16)6-5-15(30-32)13-2-1-7-28-19(13)21(25,26)27/h1-9H,10-11H2. The average Bonchev–Trinajstić information content (AvgIpc) is 3.15. The van der Waals surface area contributed by atoms with Crippen LogP contribution >= 0.6 is 0 Å².